The van der Waals surface area contributed by atoms with Crippen molar-refractivity contribution in [2.45, 2.75) is 26.4 Å². The Labute approximate surface area is 168 Å². The zero-order chi connectivity index (χ0) is 20.1. The third kappa shape index (κ3) is 4.34. The molecule has 28 heavy (non-hydrogen) atoms. The molecular weight excluding hydrogens is 378 g/mol. The van der Waals surface area contributed by atoms with Crippen LogP contribution in [0.5, 0.6) is 5.88 Å². The number of fused-ring (bicyclic) bond motifs is 1. The van der Waals surface area contributed by atoms with Crippen molar-refractivity contribution in [3.63, 3.8) is 0 Å². The molecule has 1 aromatic carbocycles. The van der Waals surface area contributed by atoms with E-state index in [4.69, 9.17) is 16.3 Å². The van der Waals surface area contributed by atoms with E-state index in [0.717, 1.165) is 16.3 Å². The summed E-state index contributed by atoms with van der Waals surface area (Å²) in [6, 6.07) is 7.19. The lowest BCUT2D eigenvalue weighted by atomic mass is 10.1. The van der Waals surface area contributed by atoms with Crippen molar-refractivity contribution in [2.24, 2.45) is 0 Å². The van der Waals surface area contributed by atoms with Gasteiger partial charge in [0, 0.05) is 24.7 Å². The third-order valence-electron chi connectivity index (χ3n) is 4.46. The molecule has 0 saturated carbocycles. The average molecular weight is 400 g/mol. The number of carbonyl (C=O) groups is 2. The maximum absolute atomic E-state index is 12.7. The number of halogens is 1. The number of urea groups is 1. The van der Waals surface area contributed by atoms with Crippen LogP contribution < -0.4 is 10.1 Å². The monoisotopic (exact) mass is 399 g/mol. The van der Waals surface area contributed by atoms with Crippen LogP contribution in [-0.2, 0) is 11.3 Å². The predicted octanol–water partition coefficient (Wildman–Crippen LogP) is 3.80. The van der Waals surface area contributed by atoms with Crippen LogP contribution in [0.25, 0.3) is 10.8 Å². The molecule has 1 aliphatic rings. The Morgan fingerprint density at radius 1 is 1.29 bits per heavy atom. The standard InChI is InChI=1S/C21H22ClN3O3/c1-3-25(21(27)24-15-9-10-19(26)18(22)11-15)13-14-12-23-20(28-4-2)17-8-6-5-7-16(14)17/h5-12,15H,3-4,13H2,1-2H3,(H,24,27)/t15-/m0/s1. The van der Waals surface area contributed by atoms with E-state index < -0.39 is 6.04 Å². The normalized spacial score (nSPS) is 16.0. The highest BCUT2D eigenvalue weighted by molar-refractivity contribution is 6.44. The van der Waals surface area contributed by atoms with Crippen LogP contribution in [0.3, 0.4) is 0 Å². The van der Waals surface area contributed by atoms with Gasteiger partial charge >= 0.3 is 6.03 Å². The minimum absolute atomic E-state index is 0.109. The molecule has 0 saturated heterocycles. The highest BCUT2D eigenvalue weighted by Crippen LogP contribution is 2.27. The molecule has 2 aromatic rings. The van der Waals surface area contributed by atoms with Crippen LogP contribution in [0.4, 0.5) is 4.79 Å². The lowest BCUT2D eigenvalue weighted by molar-refractivity contribution is -0.110. The SMILES string of the molecule is CCOc1ncc(CN(CC)C(=O)N[C@H]2C=CC(=O)C(Cl)=C2)c2ccccc12. The fourth-order valence-corrected chi connectivity index (χ4v) is 3.22. The second-order valence-electron chi connectivity index (χ2n) is 6.29. The first-order chi connectivity index (χ1) is 13.5. The van der Waals surface area contributed by atoms with Crippen LogP contribution in [-0.4, -0.2) is 40.9 Å². The Balaban J connectivity index is 1.79. The zero-order valence-corrected chi connectivity index (χ0v) is 16.6. The van der Waals surface area contributed by atoms with E-state index in [-0.39, 0.29) is 16.8 Å². The summed E-state index contributed by atoms with van der Waals surface area (Å²) >= 11 is 5.87. The number of carbonyl (C=O) groups excluding carboxylic acids is 2. The number of pyridine rings is 1. The molecular formula is C21H22ClN3O3. The van der Waals surface area contributed by atoms with Gasteiger partial charge < -0.3 is 15.0 Å². The topological polar surface area (TPSA) is 71.5 Å². The van der Waals surface area contributed by atoms with Crippen molar-refractivity contribution in [3.05, 3.63) is 59.3 Å². The van der Waals surface area contributed by atoms with Crippen molar-refractivity contribution in [1.29, 1.82) is 0 Å². The van der Waals surface area contributed by atoms with Crippen LogP contribution in [0, 0.1) is 0 Å². The van der Waals surface area contributed by atoms with Gasteiger partial charge in [0.05, 0.1) is 17.7 Å². The average Bonchev–Trinajstić information content (AvgIpc) is 2.70. The molecule has 1 aliphatic carbocycles. The van der Waals surface area contributed by atoms with E-state index in [2.05, 4.69) is 10.3 Å². The predicted molar refractivity (Wildman–Crippen MR) is 109 cm³/mol. The van der Waals surface area contributed by atoms with Crippen LogP contribution in [0.2, 0.25) is 0 Å². The molecule has 146 valence electrons. The van der Waals surface area contributed by atoms with Gasteiger partial charge in [0.25, 0.3) is 0 Å². The first-order valence-electron chi connectivity index (χ1n) is 9.18. The first-order valence-corrected chi connectivity index (χ1v) is 9.56. The van der Waals surface area contributed by atoms with E-state index in [1.54, 1.807) is 17.2 Å². The van der Waals surface area contributed by atoms with Crippen molar-refractivity contribution < 1.29 is 14.3 Å². The van der Waals surface area contributed by atoms with E-state index in [1.807, 2.05) is 38.1 Å². The number of nitrogens with zero attached hydrogens (tertiary/aromatic N) is 2. The third-order valence-corrected chi connectivity index (χ3v) is 4.77. The number of rotatable bonds is 6. The highest BCUT2D eigenvalue weighted by Gasteiger charge is 2.19. The molecule has 1 atom stereocenters. The Kier molecular flexibility index (Phi) is 6.31. The summed E-state index contributed by atoms with van der Waals surface area (Å²) in [6.07, 6.45) is 6.27. The van der Waals surface area contributed by atoms with Crippen molar-refractivity contribution in [2.75, 3.05) is 13.2 Å². The number of hydrogen-bond acceptors (Lipinski definition) is 4. The van der Waals surface area contributed by atoms with Gasteiger partial charge in [-0.15, -0.1) is 0 Å². The van der Waals surface area contributed by atoms with Gasteiger partial charge in [-0.2, -0.15) is 0 Å². The van der Waals surface area contributed by atoms with Crippen LogP contribution >= 0.6 is 11.6 Å². The van der Waals surface area contributed by atoms with Crippen molar-refractivity contribution in [1.82, 2.24) is 15.2 Å². The van der Waals surface area contributed by atoms with E-state index in [0.29, 0.717) is 25.6 Å². The fourth-order valence-electron chi connectivity index (χ4n) is 3.03. The summed E-state index contributed by atoms with van der Waals surface area (Å²) in [4.78, 5) is 30.2. The Morgan fingerprint density at radius 3 is 2.71 bits per heavy atom. The molecule has 1 aromatic heterocycles. The van der Waals surface area contributed by atoms with Gasteiger partial charge in [-0.3, -0.25) is 4.79 Å². The van der Waals surface area contributed by atoms with Crippen LogP contribution in [0.1, 0.15) is 19.4 Å². The largest absolute Gasteiger partial charge is 0.478 e. The number of ether oxygens (including phenoxy) is 1. The Hall–Kier alpha value is -2.86. The second kappa shape index (κ2) is 8.89. The van der Waals surface area contributed by atoms with Gasteiger partial charge in [0.2, 0.25) is 5.88 Å². The van der Waals surface area contributed by atoms with E-state index in [1.165, 1.54) is 12.2 Å². The highest BCUT2D eigenvalue weighted by atomic mass is 35.5. The lowest BCUT2D eigenvalue weighted by Gasteiger charge is -2.24. The number of aromatic nitrogens is 1. The zero-order valence-electron chi connectivity index (χ0n) is 15.8. The van der Waals surface area contributed by atoms with Gasteiger partial charge in [-0.1, -0.05) is 35.9 Å². The number of benzene rings is 1. The van der Waals surface area contributed by atoms with Crippen molar-refractivity contribution >= 4 is 34.2 Å². The summed E-state index contributed by atoms with van der Waals surface area (Å²) in [5.41, 5.74) is 0.930. The second-order valence-corrected chi connectivity index (χ2v) is 6.70. The van der Waals surface area contributed by atoms with Gasteiger partial charge in [0.15, 0.2) is 5.78 Å². The first kappa shape index (κ1) is 19.9. The molecule has 0 spiro atoms. The maximum atomic E-state index is 12.7. The minimum Gasteiger partial charge on any atom is -0.478 e. The summed E-state index contributed by atoms with van der Waals surface area (Å²) in [6.45, 7) is 5.27. The maximum Gasteiger partial charge on any atom is 0.318 e. The van der Waals surface area contributed by atoms with E-state index in [9.17, 15) is 9.59 Å². The summed E-state index contributed by atoms with van der Waals surface area (Å²) in [5, 5.41) is 4.89. The molecule has 1 N–H and O–H groups in total. The molecule has 0 fully saturated rings. The summed E-state index contributed by atoms with van der Waals surface area (Å²) in [5.74, 6) is 0.331. The summed E-state index contributed by atoms with van der Waals surface area (Å²) in [7, 11) is 0. The van der Waals surface area contributed by atoms with E-state index >= 15 is 0 Å². The van der Waals surface area contributed by atoms with Crippen molar-refractivity contribution in [3.8, 4) is 5.88 Å². The molecule has 0 radical (unpaired) electrons. The fraction of sp³-hybridized carbons (Fsp3) is 0.286. The molecule has 7 heteroatoms. The molecule has 0 unspecified atom stereocenters. The quantitative estimate of drug-likeness (QED) is 0.802. The molecule has 3 rings (SSSR count). The smallest absolute Gasteiger partial charge is 0.318 e. The molecule has 0 bridgehead atoms. The summed E-state index contributed by atoms with van der Waals surface area (Å²) < 4.78 is 5.61. The number of allylic oxidation sites excluding steroid dienone is 2. The lowest BCUT2D eigenvalue weighted by Crippen LogP contribution is -2.43. The number of nitrogens with one attached hydrogen (secondary N) is 1. The molecule has 1 heterocycles. The minimum atomic E-state index is -0.415. The van der Waals surface area contributed by atoms with Gasteiger partial charge in [-0.05, 0) is 43.0 Å². The van der Waals surface area contributed by atoms with Gasteiger partial charge in [0.1, 0.15) is 0 Å². The van der Waals surface area contributed by atoms with Crippen LogP contribution in [0.15, 0.2) is 53.7 Å². The number of amides is 2. The molecule has 0 aliphatic heterocycles. The van der Waals surface area contributed by atoms with Gasteiger partial charge in [-0.25, -0.2) is 9.78 Å². The molecule has 6 nitrogen and oxygen atoms in total. The molecule has 2 amide bonds. The number of ketones is 1. The number of hydrogen-bond donors (Lipinski definition) is 1. The Bertz CT molecular complexity index is 955. The Morgan fingerprint density at radius 2 is 2.04 bits per heavy atom.